The predicted molar refractivity (Wildman–Crippen MR) is 145 cm³/mol. The molecule has 0 nitrogen and oxygen atoms in total. The van der Waals surface area contributed by atoms with E-state index in [9.17, 15) is 0 Å². The second-order valence-electron chi connectivity index (χ2n) is 15.1. The summed E-state index contributed by atoms with van der Waals surface area (Å²) in [6, 6.07) is 0. The van der Waals surface area contributed by atoms with Crippen molar-refractivity contribution in [1.29, 1.82) is 0 Å². The molecule has 4 fully saturated rings. The highest BCUT2D eigenvalue weighted by molar-refractivity contribution is 5.17. The van der Waals surface area contributed by atoms with E-state index < -0.39 is 0 Å². The number of rotatable bonds is 5. The molecule has 4 saturated carbocycles. The van der Waals surface area contributed by atoms with Crippen LogP contribution in [0, 0.1) is 69.0 Å². The molecule has 0 radical (unpaired) electrons. The topological polar surface area (TPSA) is 0 Å². The third kappa shape index (κ3) is 3.65. The van der Waals surface area contributed by atoms with Gasteiger partial charge in [0.2, 0.25) is 0 Å². The van der Waals surface area contributed by atoms with E-state index in [0.717, 1.165) is 41.4 Å². The highest BCUT2D eigenvalue weighted by Gasteiger charge is 2.67. The van der Waals surface area contributed by atoms with Gasteiger partial charge in [0.05, 0.1) is 0 Å². The Morgan fingerprint density at radius 1 is 0.788 bits per heavy atom. The van der Waals surface area contributed by atoms with Crippen molar-refractivity contribution >= 4 is 0 Å². The Labute approximate surface area is 208 Å². The lowest BCUT2D eigenvalue weighted by molar-refractivity contribution is -0.192. The molecule has 4 aliphatic carbocycles. The number of allylic oxidation sites excluding steroid dienone is 2. The molecule has 0 aliphatic heterocycles. The zero-order chi connectivity index (χ0) is 24.4. The molecule has 0 saturated heterocycles. The second kappa shape index (κ2) is 8.69. The minimum atomic E-state index is 0.459. The van der Waals surface area contributed by atoms with Gasteiger partial charge in [0, 0.05) is 0 Å². The van der Waals surface area contributed by atoms with Gasteiger partial charge in [-0.25, -0.2) is 0 Å². The maximum atomic E-state index is 2.76. The van der Waals surface area contributed by atoms with Crippen molar-refractivity contribution in [3.63, 3.8) is 0 Å². The Bertz CT molecular complexity index is 732. The van der Waals surface area contributed by atoms with E-state index in [4.69, 9.17) is 0 Å². The molecule has 0 bridgehead atoms. The van der Waals surface area contributed by atoms with E-state index in [0.29, 0.717) is 27.6 Å². The summed E-state index contributed by atoms with van der Waals surface area (Å²) in [6.45, 7) is 25.8. The monoisotopic (exact) mass is 454 g/mol. The van der Waals surface area contributed by atoms with Crippen molar-refractivity contribution < 1.29 is 0 Å². The van der Waals surface area contributed by atoms with Gasteiger partial charge in [0.1, 0.15) is 0 Å². The van der Waals surface area contributed by atoms with Crippen molar-refractivity contribution in [3.05, 3.63) is 12.2 Å². The van der Waals surface area contributed by atoms with Gasteiger partial charge in [-0.2, -0.15) is 0 Å². The Kier molecular flexibility index (Phi) is 6.80. The Balaban J connectivity index is 1.60. The number of hydrogen-bond acceptors (Lipinski definition) is 0. The van der Waals surface area contributed by atoms with Gasteiger partial charge >= 0.3 is 0 Å². The maximum absolute atomic E-state index is 2.76. The van der Waals surface area contributed by atoms with Crippen LogP contribution >= 0.6 is 0 Å². The molecule has 0 heteroatoms. The van der Waals surface area contributed by atoms with Crippen LogP contribution in [0.3, 0.4) is 0 Å². The molecule has 0 aromatic carbocycles. The molecule has 0 aromatic rings. The summed E-state index contributed by atoms with van der Waals surface area (Å²) in [5, 5.41) is 0. The van der Waals surface area contributed by atoms with E-state index in [1.807, 2.05) is 0 Å². The van der Waals surface area contributed by atoms with E-state index in [2.05, 4.69) is 81.4 Å². The largest absolute Gasteiger partial charge is 0.0849 e. The maximum Gasteiger partial charge on any atom is -0.0202 e. The summed E-state index contributed by atoms with van der Waals surface area (Å²) in [6.07, 6.45) is 18.4. The normalized spacial score (nSPS) is 51.8. The van der Waals surface area contributed by atoms with Crippen LogP contribution in [0.5, 0.6) is 0 Å². The number of hydrogen-bond donors (Lipinski definition) is 0. The molecule has 0 aromatic heterocycles. The Morgan fingerprint density at radius 2 is 1.39 bits per heavy atom. The first-order valence-electron chi connectivity index (χ1n) is 15.0. The van der Waals surface area contributed by atoms with E-state index in [1.54, 1.807) is 0 Å². The molecule has 0 heterocycles. The fraction of sp³-hybridized carbons (Fsp3) is 0.939. The standard InChI is InChI=1S/C33H58/c1-11-26(22(2)3)13-12-24(5)30(7)18-15-28-27-20-25(6)33(10)21-23(4)14-17-32(33,9)29(27)16-19-31(28,30)8/h12-13,22-29H,11,14-21H2,1-10H3/b13-12+/t23-,24+,25+,26+,27-,28-,29-,30+,31-,32+,33+/m0/s1. The predicted octanol–water partition coefficient (Wildman–Crippen LogP) is 10.2. The highest BCUT2D eigenvalue weighted by Crippen LogP contribution is 2.75. The summed E-state index contributed by atoms with van der Waals surface area (Å²) in [7, 11) is 0. The summed E-state index contributed by atoms with van der Waals surface area (Å²) in [5.74, 6) is 6.89. The minimum absolute atomic E-state index is 0.459. The first-order chi connectivity index (χ1) is 15.3. The van der Waals surface area contributed by atoms with Crippen molar-refractivity contribution in [2.75, 3.05) is 0 Å². The molecule has 0 N–H and O–H groups in total. The average molecular weight is 455 g/mol. The zero-order valence-electron chi connectivity index (χ0n) is 24.1. The fourth-order valence-electron chi connectivity index (χ4n) is 10.7. The third-order valence-electron chi connectivity index (χ3n) is 13.9. The quantitative estimate of drug-likeness (QED) is 0.362. The average Bonchev–Trinajstić information content (AvgIpc) is 3.03. The summed E-state index contributed by atoms with van der Waals surface area (Å²) < 4.78 is 0. The molecule has 0 unspecified atom stereocenters. The van der Waals surface area contributed by atoms with Gasteiger partial charge in [0.25, 0.3) is 0 Å². The van der Waals surface area contributed by atoms with Gasteiger partial charge in [-0.15, -0.1) is 0 Å². The summed E-state index contributed by atoms with van der Waals surface area (Å²) in [5.41, 5.74) is 2.10. The van der Waals surface area contributed by atoms with Crippen molar-refractivity contribution in [1.82, 2.24) is 0 Å². The molecule has 0 spiro atoms. The third-order valence-corrected chi connectivity index (χ3v) is 13.9. The van der Waals surface area contributed by atoms with Crippen LogP contribution in [0.15, 0.2) is 12.2 Å². The van der Waals surface area contributed by atoms with Crippen molar-refractivity contribution in [2.24, 2.45) is 69.0 Å². The van der Waals surface area contributed by atoms with Gasteiger partial charge in [-0.1, -0.05) is 87.8 Å². The van der Waals surface area contributed by atoms with Crippen LogP contribution in [-0.2, 0) is 0 Å². The second-order valence-corrected chi connectivity index (χ2v) is 15.1. The summed E-state index contributed by atoms with van der Waals surface area (Å²) in [4.78, 5) is 0. The molecule has 0 amide bonds. The Morgan fingerprint density at radius 3 is 2.03 bits per heavy atom. The first-order valence-corrected chi connectivity index (χ1v) is 15.0. The molecular formula is C33H58. The lowest BCUT2D eigenvalue weighted by atomic mass is 9.37. The van der Waals surface area contributed by atoms with E-state index >= 15 is 0 Å². The SMILES string of the molecule is CC[C@H](/C=C/[C@@H](C)[C@@]1(C)CC[C@H]2[C@@H]3C[C@@H](C)[C@@]4(C)C[C@@H](C)CC[C@]4(C)[C@H]3CC[C@@]21C)C(C)C. The van der Waals surface area contributed by atoms with Gasteiger partial charge in [0.15, 0.2) is 0 Å². The molecular weight excluding hydrogens is 396 g/mol. The molecule has 33 heavy (non-hydrogen) atoms. The van der Waals surface area contributed by atoms with Crippen LogP contribution in [-0.4, -0.2) is 0 Å². The fourth-order valence-corrected chi connectivity index (χ4v) is 10.7. The van der Waals surface area contributed by atoms with Gasteiger partial charge < -0.3 is 0 Å². The lowest BCUT2D eigenvalue weighted by Crippen LogP contribution is -2.61. The van der Waals surface area contributed by atoms with Crippen molar-refractivity contribution in [3.8, 4) is 0 Å². The van der Waals surface area contributed by atoms with Crippen LogP contribution in [0.4, 0.5) is 0 Å². The molecule has 4 aliphatic rings. The van der Waals surface area contributed by atoms with E-state index in [-0.39, 0.29) is 0 Å². The highest BCUT2D eigenvalue weighted by atomic mass is 14.7. The van der Waals surface area contributed by atoms with Crippen LogP contribution in [0.2, 0.25) is 0 Å². The number of fused-ring (bicyclic) bond motifs is 5. The van der Waals surface area contributed by atoms with Crippen molar-refractivity contribution in [2.45, 2.75) is 127 Å². The summed E-state index contributed by atoms with van der Waals surface area (Å²) >= 11 is 0. The molecule has 190 valence electrons. The van der Waals surface area contributed by atoms with Gasteiger partial charge in [-0.05, 0) is 120 Å². The molecule has 11 atom stereocenters. The smallest absolute Gasteiger partial charge is 0.0202 e. The Hall–Kier alpha value is -0.260. The lowest BCUT2D eigenvalue weighted by Gasteiger charge is -2.68. The van der Waals surface area contributed by atoms with Gasteiger partial charge in [-0.3, -0.25) is 0 Å². The minimum Gasteiger partial charge on any atom is -0.0849 e. The van der Waals surface area contributed by atoms with Crippen LogP contribution < -0.4 is 0 Å². The first kappa shape index (κ1) is 25.8. The van der Waals surface area contributed by atoms with E-state index in [1.165, 1.54) is 57.8 Å². The zero-order valence-corrected chi connectivity index (χ0v) is 24.1. The van der Waals surface area contributed by atoms with Crippen LogP contribution in [0.1, 0.15) is 127 Å². The molecule has 4 rings (SSSR count). The van der Waals surface area contributed by atoms with Crippen LogP contribution in [0.25, 0.3) is 0 Å².